The van der Waals surface area contributed by atoms with Gasteiger partial charge in [-0.15, -0.1) is 0 Å². The van der Waals surface area contributed by atoms with Crippen molar-refractivity contribution in [2.24, 2.45) is 0 Å². The number of carboxylic acids is 1. The van der Waals surface area contributed by atoms with E-state index in [2.05, 4.69) is 11.9 Å². The first-order valence-electron chi connectivity index (χ1n) is 7.72. The Bertz CT molecular complexity index is 661. The zero-order valence-electron chi connectivity index (χ0n) is 12.7. The Morgan fingerprint density at radius 1 is 1.41 bits per heavy atom. The molecule has 116 valence electrons. The molecule has 1 N–H and O–H groups in total. The number of imidazole rings is 1. The van der Waals surface area contributed by atoms with Crippen LogP contribution < -0.4 is 4.74 Å². The minimum absolute atomic E-state index is 0.491. The summed E-state index contributed by atoms with van der Waals surface area (Å²) in [6, 6.07) is 7.79. The van der Waals surface area contributed by atoms with Gasteiger partial charge in [-0.05, 0) is 43.5 Å². The maximum Gasteiger partial charge on any atom is 0.314 e. The van der Waals surface area contributed by atoms with E-state index in [0.717, 1.165) is 36.4 Å². The lowest BCUT2D eigenvalue weighted by Crippen LogP contribution is -2.21. The number of rotatable bonds is 5. The van der Waals surface area contributed by atoms with Crippen molar-refractivity contribution in [1.82, 2.24) is 9.55 Å². The lowest BCUT2D eigenvalue weighted by atomic mass is 9.99. The number of aromatic nitrogens is 2. The fraction of sp³-hybridized carbons (Fsp3) is 0.412. The lowest BCUT2D eigenvalue weighted by molar-refractivity contribution is -0.139. The maximum atomic E-state index is 11.3. The third-order valence-electron chi connectivity index (χ3n) is 3.93. The molecule has 0 amide bonds. The molecule has 3 rings (SSSR count). The van der Waals surface area contributed by atoms with Gasteiger partial charge in [0, 0.05) is 18.3 Å². The normalized spacial score (nSPS) is 17.0. The van der Waals surface area contributed by atoms with E-state index in [1.54, 1.807) is 0 Å². The third kappa shape index (κ3) is 2.84. The molecule has 1 aromatic carbocycles. The second-order valence-corrected chi connectivity index (χ2v) is 5.58. The molecule has 0 aliphatic carbocycles. The zero-order chi connectivity index (χ0) is 15.5. The van der Waals surface area contributed by atoms with Crippen LogP contribution in [-0.2, 0) is 11.3 Å². The monoisotopic (exact) mass is 300 g/mol. The van der Waals surface area contributed by atoms with Gasteiger partial charge < -0.3 is 14.4 Å². The van der Waals surface area contributed by atoms with E-state index < -0.39 is 11.9 Å². The molecule has 2 heterocycles. The van der Waals surface area contributed by atoms with Gasteiger partial charge in [0.1, 0.15) is 17.5 Å². The highest BCUT2D eigenvalue weighted by atomic mass is 16.5. The van der Waals surface area contributed by atoms with Crippen LogP contribution in [0.1, 0.15) is 37.9 Å². The molecule has 0 saturated carbocycles. The molecule has 0 fully saturated rings. The van der Waals surface area contributed by atoms with Crippen LogP contribution in [0, 0.1) is 0 Å². The molecule has 0 bridgehead atoms. The van der Waals surface area contributed by atoms with Crippen LogP contribution in [0.15, 0.2) is 30.5 Å². The van der Waals surface area contributed by atoms with Gasteiger partial charge in [0.25, 0.3) is 0 Å². The second-order valence-electron chi connectivity index (χ2n) is 5.58. The first-order valence-corrected chi connectivity index (χ1v) is 7.72. The molecule has 0 saturated heterocycles. The topological polar surface area (TPSA) is 64.4 Å². The Hall–Kier alpha value is -2.30. The van der Waals surface area contributed by atoms with E-state index in [9.17, 15) is 9.90 Å². The van der Waals surface area contributed by atoms with E-state index in [-0.39, 0.29) is 0 Å². The number of fused-ring (bicyclic) bond motifs is 1. The fourth-order valence-corrected chi connectivity index (χ4v) is 2.80. The van der Waals surface area contributed by atoms with Gasteiger partial charge in [-0.3, -0.25) is 4.79 Å². The number of aryl methyl sites for hydroxylation is 1. The van der Waals surface area contributed by atoms with Crippen molar-refractivity contribution in [3.05, 3.63) is 36.3 Å². The second kappa shape index (κ2) is 6.22. The van der Waals surface area contributed by atoms with E-state index in [4.69, 9.17) is 4.74 Å². The highest BCUT2D eigenvalue weighted by Crippen LogP contribution is 2.30. The van der Waals surface area contributed by atoms with Gasteiger partial charge in [-0.1, -0.05) is 6.92 Å². The van der Waals surface area contributed by atoms with Crippen molar-refractivity contribution in [3.8, 4) is 17.0 Å². The lowest BCUT2D eigenvalue weighted by Gasteiger charge is -2.19. The number of aliphatic carboxylic acids is 1. The summed E-state index contributed by atoms with van der Waals surface area (Å²) in [6.45, 7) is 3.62. The first kappa shape index (κ1) is 14.6. The number of carboxylic acid groups (broad SMARTS) is 1. The predicted molar refractivity (Wildman–Crippen MR) is 83.1 cm³/mol. The Labute approximate surface area is 129 Å². The van der Waals surface area contributed by atoms with Gasteiger partial charge >= 0.3 is 5.97 Å². The van der Waals surface area contributed by atoms with Crippen LogP contribution in [0.4, 0.5) is 0 Å². The van der Waals surface area contributed by atoms with Gasteiger partial charge in [0.05, 0.1) is 12.3 Å². The number of benzene rings is 1. The van der Waals surface area contributed by atoms with Crippen LogP contribution in [0.3, 0.4) is 0 Å². The molecule has 5 heteroatoms. The van der Waals surface area contributed by atoms with E-state index in [0.29, 0.717) is 18.9 Å². The summed E-state index contributed by atoms with van der Waals surface area (Å²) in [5.74, 6) is 0.231. The first-order chi connectivity index (χ1) is 10.7. The van der Waals surface area contributed by atoms with Crippen LogP contribution in [0.25, 0.3) is 11.3 Å². The van der Waals surface area contributed by atoms with Crippen molar-refractivity contribution in [2.45, 2.75) is 38.6 Å². The standard InChI is InChI=1S/C17H20N2O3/c1-2-10-22-13-7-5-12(6-8-13)15-11-19-9-3-4-14(17(20)21)16(19)18-15/h5-8,11,14H,2-4,9-10H2,1H3,(H,20,21). The Balaban J connectivity index is 1.85. The largest absolute Gasteiger partial charge is 0.494 e. The minimum atomic E-state index is -0.790. The molecule has 5 nitrogen and oxygen atoms in total. The van der Waals surface area contributed by atoms with Crippen molar-refractivity contribution in [1.29, 1.82) is 0 Å². The number of hydrogen-bond donors (Lipinski definition) is 1. The number of nitrogens with zero attached hydrogens (tertiary/aromatic N) is 2. The average Bonchev–Trinajstić information content (AvgIpc) is 2.97. The van der Waals surface area contributed by atoms with Gasteiger partial charge in [0.2, 0.25) is 0 Å². The number of hydrogen-bond acceptors (Lipinski definition) is 3. The average molecular weight is 300 g/mol. The van der Waals surface area contributed by atoms with E-state index in [1.165, 1.54) is 0 Å². The summed E-state index contributed by atoms with van der Waals surface area (Å²) in [4.78, 5) is 15.9. The predicted octanol–water partition coefficient (Wildman–Crippen LogP) is 3.30. The Morgan fingerprint density at radius 3 is 2.86 bits per heavy atom. The molecule has 1 aromatic heterocycles. The quantitative estimate of drug-likeness (QED) is 0.920. The molecule has 1 atom stereocenters. The van der Waals surface area contributed by atoms with Gasteiger partial charge in [0.15, 0.2) is 0 Å². The molecule has 22 heavy (non-hydrogen) atoms. The van der Waals surface area contributed by atoms with E-state index >= 15 is 0 Å². The molecule has 1 aliphatic heterocycles. The summed E-state index contributed by atoms with van der Waals surface area (Å²) < 4.78 is 7.54. The van der Waals surface area contributed by atoms with Crippen LogP contribution in [-0.4, -0.2) is 27.2 Å². The summed E-state index contributed by atoms with van der Waals surface area (Å²) in [5.41, 5.74) is 1.81. The fourth-order valence-electron chi connectivity index (χ4n) is 2.80. The van der Waals surface area contributed by atoms with Crippen molar-refractivity contribution < 1.29 is 14.6 Å². The summed E-state index contributed by atoms with van der Waals surface area (Å²) in [7, 11) is 0. The summed E-state index contributed by atoms with van der Waals surface area (Å²) >= 11 is 0. The van der Waals surface area contributed by atoms with Gasteiger partial charge in [-0.25, -0.2) is 4.98 Å². The molecule has 0 spiro atoms. The molecular formula is C17H20N2O3. The van der Waals surface area contributed by atoms with Crippen LogP contribution in [0.2, 0.25) is 0 Å². The summed E-state index contributed by atoms with van der Waals surface area (Å²) in [5, 5.41) is 9.31. The zero-order valence-corrected chi connectivity index (χ0v) is 12.7. The number of ether oxygens (including phenoxy) is 1. The maximum absolute atomic E-state index is 11.3. The molecule has 0 radical (unpaired) electrons. The van der Waals surface area contributed by atoms with Crippen LogP contribution in [0.5, 0.6) is 5.75 Å². The SMILES string of the molecule is CCCOc1ccc(-c2cn3c(n2)C(C(=O)O)CCC3)cc1. The highest BCUT2D eigenvalue weighted by molar-refractivity contribution is 5.75. The van der Waals surface area contributed by atoms with Crippen molar-refractivity contribution in [3.63, 3.8) is 0 Å². The third-order valence-corrected chi connectivity index (χ3v) is 3.93. The van der Waals surface area contributed by atoms with Crippen molar-refractivity contribution in [2.75, 3.05) is 6.61 Å². The van der Waals surface area contributed by atoms with Crippen LogP contribution >= 0.6 is 0 Å². The van der Waals surface area contributed by atoms with E-state index in [1.807, 2.05) is 35.0 Å². The smallest absolute Gasteiger partial charge is 0.314 e. The molecule has 1 unspecified atom stereocenters. The minimum Gasteiger partial charge on any atom is -0.494 e. The highest BCUT2D eigenvalue weighted by Gasteiger charge is 2.28. The molecule has 2 aromatic rings. The molecular weight excluding hydrogens is 280 g/mol. The summed E-state index contributed by atoms with van der Waals surface area (Å²) in [6.07, 6.45) is 4.47. The Morgan fingerprint density at radius 2 is 2.18 bits per heavy atom. The Kier molecular flexibility index (Phi) is 4.13. The van der Waals surface area contributed by atoms with Gasteiger partial charge in [-0.2, -0.15) is 0 Å². The van der Waals surface area contributed by atoms with Crippen molar-refractivity contribution >= 4 is 5.97 Å². The number of carbonyl (C=O) groups is 1. The molecule has 1 aliphatic rings.